The van der Waals surface area contributed by atoms with E-state index in [9.17, 15) is 4.79 Å². The lowest BCUT2D eigenvalue weighted by molar-refractivity contribution is 0.133. The summed E-state index contributed by atoms with van der Waals surface area (Å²) >= 11 is 0. The van der Waals surface area contributed by atoms with Gasteiger partial charge in [-0.15, -0.1) is 0 Å². The molecule has 98 valence electrons. The zero-order valence-corrected chi connectivity index (χ0v) is 10.9. The summed E-state index contributed by atoms with van der Waals surface area (Å²) in [6.45, 7) is 4.93. The summed E-state index contributed by atoms with van der Waals surface area (Å²) in [7, 11) is 0. The third kappa shape index (κ3) is 3.12. The molecule has 0 spiro atoms. The zero-order chi connectivity index (χ0) is 12.1. The highest BCUT2D eigenvalue weighted by Crippen LogP contribution is 2.24. The predicted octanol–water partition coefficient (Wildman–Crippen LogP) is 1.71. The van der Waals surface area contributed by atoms with E-state index in [4.69, 9.17) is 0 Å². The maximum Gasteiger partial charge on any atom is 0.317 e. The first-order valence-corrected chi connectivity index (χ1v) is 7.10. The maximum absolute atomic E-state index is 12.1. The number of hydrogen-bond donors (Lipinski definition) is 2. The number of piperidine rings is 1. The molecule has 0 aromatic heterocycles. The van der Waals surface area contributed by atoms with Gasteiger partial charge in [0.1, 0.15) is 0 Å². The Morgan fingerprint density at radius 3 is 2.94 bits per heavy atom. The smallest absolute Gasteiger partial charge is 0.317 e. The molecular formula is C13H25N3O. The Bertz CT molecular complexity index is 251. The summed E-state index contributed by atoms with van der Waals surface area (Å²) in [5.41, 5.74) is 0. The minimum absolute atomic E-state index is 0.144. The zero-order valence-electron chi connectivity index (χ0n) is 10.9. The van der Waals surface area contributed by atoms with Crippen LogP contribution in [0.1, 0.15) is 45.4 Å². The van der Waals surface area contributed by atoms with E-state index < -0.39 is 0 Å². The first kappa shape index (κ1) is 12.7. The fourth-order valence-electron chi connectivity index (χ4n) is 3.00. The highest BCUT2D eigenvalue weighted by atomic mass is 16.2. The third-order valence-corrected chi connectivity index (χ3v) is 3.90. The fraction of sp³-hybridized carbons (Fsp3) is 0.923. The Kier molecular flexibility index (Phi) is 4.66. The third-order valence-electron chi connectivity index (χ3n) is 3.90. The average molecular weight is 239 g/mol. The molecule has 2 aliphatic heterocycles. The number of nitrogens with zero attached hydrogens (tertiary/aromatic N) is 1. The molecule has 2 saturated heterocycles. The van der Waals surface area contributed by atoms with Gasteiger partial charge in [-0.05, 0) is 45.1 Å². The lowest BCUT2D eigenvalue weighted by Crippen LogP contribution is -2.55. The molecule has 0 aromatic rings. The number of carbonyl (C=O) groups is 1. The van der Waals surface area contributed by atoms with Crippen molar-refractivity contribution in [3.05, 3.63) is 0 Å². The molecule has 2 N–H and O–H groups in total. The standard InChI is InChI=1S/C13H25N3O/c1-2-8-15-13(17)16-10-4-3-7-12(16)11-6-5-9-14-11/h11-12,14H,2-10H2,1H3,(H,15,17). The summed E-state index contributed by atoms with van der Waals surface area (Å²) < 4.78 is 0. The van der Waals surface area contributed by atoms with Gasteiger partial charge >= 0.3 is 6.03 Å². The van der Waals surface area contributed by atoms with E-state index in [-0.39, 0.29) is 6.03 Å². The molecule has 0 bridgehead atoms. The summed E-state index contributed by atoms with van der Waals surface area (Å²) in [6.07, 6.45) is 7.07. The van der Waals surface area contributed by atoms with E-state index in [1.165, 1.54) is 19.3 Å². The number of carbonyl (C=O) groups excluding carboxylic acids is 1. The molecule has 0 saturated carbocycles. The van der Waals surface area contributed by atoms with E-state index in [1.807, 2.05) is 0 Å². The topological polar surface area (TPSA) is 44.4 Å². The first-order chi connectivity index (χ1) is 8.33. The molecule has 0 aromatic carbocycles. The summed E-state index contributed by atoms with van der Waals surface area (Å²) in [5.74, 6) is 0. The predicted molar refractivity (Wildman–Crippen MR) is 69.1 cm³/mol. The largest absolute Gasteiger partial charge is 0.338 e. The van der Waals surface area contributed by atoms with Crippen molar-refractivity contribution in [3.8, 4) is 0 Å². The highest BCUT2D eigenvalue weighted by Gasteiger charge is 2.33. The molecular weight excluding hydrogens is 214 g/mol. The monoisotopic (exact) mass is 239 g/mol. The molecule has 0 radical (unpaired) electrons. The van der Waals surface area contributed by atoms with Crippen molar-refractivity contribution in [2.45, 2.75) is 57.5 Å². The van der Waals surface area contributed by atoms with Crippen LogP contribution in [0, 0.1) is 0 Å². The Labute approximate surface area is 104 Å². The van der Waals surface area contributed by atoms with Gasteiger partial charge in [-0.25, -0.2) is 4.79 Å². The van der Waals surface area contributed by atoms with Crippen LogP contribution in [0.5, 0.6) is 0 Å². The molecule has 4 heteroatoms. The average Bonchev–Trinajstić information content (AvgIpc) is 2.89. The van der Waals surface area contributed by atoms with Crippen molar-refractivity contribution < 1.29 is 4.79 Å². The molecule has 2 heterocycles. The second kappa shape index (κ2) is 6.24. The second-order valence-corrected chi connectivity index (χ2v) is 5.19. The molecule has 2 rings (SSSR count). The van der Waals surface area contributed by atoms with Crippen LogP contribution in [0.4, 0.5) is 4.79 Å². The Hall–Kier alpha value is -0.770. The Balaban J connectivity index is 1.93. The van der Waals surface area contributed by atoms with E-state index in [2.05, 4.69) is 22.5 Å². The maximum atomic E-state index is 12.1. The molecule has 2 fully saturated rings. The van der Waals surface area contributed by atoms with Crippen molar-refractivity contribution in [1.29, 1.82) is 0 Å². The summed E-state index contributed by atoms with van der Waals surface area (Å²) in [4.78, 5) is 14.2. The second-order valence-electron chi connectivity index (χ2n) is 5.19. The number of rotatable bonds is 3. The van der Waals surface area contributed by atoms with Crippen LogP contribution in [0.3, 0.4) is 0 Å². The number of amides is 2. The molecule has 17 heavy (non-hydrogen) atoms. The molecule has 2 atom stereocenters. The van der Waals surface area contributed by atoms with Crippen molar-refractivity contribution in [2.75, 3.05) is 19.6 Å². The van der Waals surface area contributed by atoms with Gasteiger partial charge < -0.3 is 15.5 Å². The van der Waals surface area contributed by atoms with Crippen LogP contribution in [0.15, 0.2) is 0 Å². The van der Waals surface area contributed by atoms with E-state index in [0.717, 1.165) is 38.9 Å². The van der Waals surface area contributed by atoms with Crippen molar-refractivity contribution >= 4 is 6.03 Å². The van der Waals surface area contributed by atoms with Crippen molar-refractivity contribution in [3.63, 3.8) is 0 Å². The lowest BCUT2D eigenvalue weighted by atomic mass is 9.95. The van der Waals surface area contributed by atoms with Crippen LogP contribution in [0.25, 0.3) is 0 Å². The molecule has 0 aliphatic carbocycles. The highest BCUT2D eigenvalue weighted by molar-refractivity contribution is 5.74. The van der Waals surface area contributed by atoms with Crippen LogP contribution in [-0.4, -0.2) is 42.6 Å². The van der Waals surface area contributed by atoms with Crippen LogP contribution in [0.2, 0.25) is 0 Å². The minimum atomic E-state index is 0.144. The van der Waals surface area contributed by atoms with Gasteiger partial charge in [0.15, 0.2) is 0 Å². The van der Waals surface area contributed by atoms with Crippen molar-refractivity contribution in [1.82, 2.24) is 15.5 Å². The molecule has 4 nitrogen and oxygen atoms in total. The lowest BCUT2D eigenvalue weighted by Gasteiger charge is -2.39. The van der Waals surface area contributed by atoms with E-state index in [0.29, 0.717) is 12.1 Å². The van der Waals surface area contributed by atoms with Gasteiger partial charge in [-0.2, -0.15) is 0 Å². The summed E-state index contributed by atoms with van der Waals surface area (Å²) in [5, 5.41) is 6.56. The number of urea groups is 1. The molecule has 2 unspecified atom stereocenters. The SMILES string of the molecule is CCCNC(=O)N1CCCCC1C1CCCN1. The fourth-order valence-corrected chi connectivity index (χ4v) is 3.00. The number of hydrogen-bond acceptors (Lipinski definition) is 2. The van der Waals surface area contributed by atoms with Gasteiger partial charge in [-0.3, -0.25) is 0 Å². The van der Waals surface area contributed by atoms with E-state index in [1.54, 1.807) is 0 Å². The molecule has 2 aliphatic rings. The number of nitrogens with one attached hydrogen (secondary N) is 2. The normalized spacial score (nSPS) is 29.4. The van der Waals surface area contributed by atoms with Crippen LogP contribution in [-0.2, 0) is 0 Å². The van der Waals surface area contributed by atoms with Gasteiger partial charge in [-0.1, -0.05) is 6.92 Å². The van der Waals surface area contributed by atoms with Crippen LogP contribution < -0.4 is 10.6 Å². The van der Waals surface area contributed by atoms with Gasteiger partial charge in [0, 0.05) is 25.2 Å². The molecule has 2 amide bonds. The minimum Gasteiger partial charge on any atom is -0.338 e. The first-order valence-electron chi connectivity index (χ1n) is 7.10. The number of likely N-dealkylation sites (tertiary alicyclic amines) is 1. The van der Waals surface area contributed by atoms with E-state index >= 15 is 0 Å². The van der Waals surface area contributed by atoms with Crippen LogP contribution >= 0.6 is 0 Å². The van der Waals surface area contributed by atoms with Crippen molar-refractivity contribution in [2.24, 2.45) is 0 Å². The Morgan fingerprint density at radius 2 is 2.24 bits per heavy atom. The Morgan fingerprint density at radius 1 is 1.35 bits per heavy atom. The quantitative estimate of drug-likeness (QED) is 0.787. The van der Waals surface area contributed by atoms with Gasteiger partial charge in [0.05, 0.1) is 0 Å². The summed E-state index contributed by atoms with van der Waals surface area (Å²) in [6, 6.07) is 1.09. The van der Waals surface area contributed by atoms with Gasteiger partial charge in [0.25, 0.3) is 0 Å². The van der Waals surface area contributed by atoms with Gasteiger partial charge in [0.2, 0.25) is 0 Å².